The first-order valence-corrected chi connectivity index (χ1v) is 5.26. The van der Waals surface area contributed by atoms with E-state index in [0.717, 1.165) is 17.8 Å². The van der Waals surface area contributed by atoms with Crippen molar-refractivity contribution in [2.45, 2.75) is 40.0 Å². The van der Waals surface area contributed by atoms with E-state index in [2.05, 4.69) is 20.8 Å². The zero-order valence-corrected chi connectivity index (χ0v) is 8.59. The summed E-state index contributed by atoms with van der Waals surface area (Å²) in [6.45, 7) is 7.31. The molecule has 0 bridgehead atoms. The monoisotopic (exact) mass is 170 g/mol. The van der Waals surface area contributed by atoms with Crippen LogP contribution < -0.4 is 0 Å². The first kappa shape index (κ1) is 10.0. The van der Waals surface area contributed by atoms with Gasteiger partial charge in [0.1, 0.15) is 0 Å². The Bertz CT molecular complexity index is 131. The van der Waals surface area contributed by atoms with Gasteiger partial charge in [-0.25, -0.2) is 0 Å². The molecule has 72 valence electrons. The highest BCUT2D eigenvalue weighted by Crippen LogP contribution is 2.36. The van der Waals surface area contributed by atoms with E-state index in [4.69, 9.17) is 5.11 Å². The van der Waals surface area contributed by atoms with Crippen LogP contribution in [0.5, 0.6) is 0 Å². The fraction of sp³-hybridized carbons (Fsp3) is 1.00. The minimum atomic E-state index is 0.395. The summed E-state index contributed by atoms with van der Waals surface area (Å²) in [4.78, 5) is 0. The zero-order valence-electron chi connectivity index (χ0n) is 8.59. The minimum Gasteiger partial charge on any atom is -0.396 e. The topological polar surface area (TPSA) is 20.2 Å². The fourth-order valence-electron chi connectivity index (χ4n) is 2.38. The molecule has 3 unspecified atom stereocenters. The summed E-state index contributed by atoms with van der Waals surface area (Å²) in [7, 11) is 0. The molecule has 0 aliphatic heterocycles. The molecule has 3 atom stereocenters. The van der Waals surface area contributed by atoms with E-state index in [-0.39, 0.29) is 0 Å². The van der Waals surface area contributed by atoms with Crippen molar-refractivity contribution in [2.75, 3.05) is 6.61 Å². The van der Waals surface area contributed by atoms with Crippen LogP contribution >= 0.6 is 0 Å². The Morgan fingerprint density at radius 2 is 2.00 bits per heavy atom. The molecule has 12 heavy (non-hydrogen) atoms. The van der Waals surface area contributed by atoms with Gasteiger partial charge >= 0.3 is 0 Å². The molecule has 0 aromatic heterocycles. The summed E-state index contributed by atoms with van der Waals surface area (Å²) in [6, 6.07) is 0. The van der Waals surface area contributed by atoms with Gasteiger partial charge in [-0.15, -0.1) is 0 Å². The van der Waals surface area contributed by atoms with Gasteiger partial charge in [0, 0.05) is 6.61 Å². The zero-order chi connectivity index (χ0) is 9.14. The van der Waals surface area contributed by atoms with Crippen LogP contribution in [0.25, 0.3) is 0 Å². The van der Waals surface area contributed by atoms with E-state index >= 15 is 0 Å². The summed E-state index contributed by atoms with van der Waals surface area (Å²) in [5, 5.41) is 9.09. The largest absolute Gasteiger partial charge is 0.396 e. The first-order chi connectivity index (χ1) is 5.65. The number of aliphatic hydroxyl groups is 1. The second-order valence-corrected chi connectivity index (χ2v) is 4.74. The average Bonchev–Trinajstić information content (AvgIpc) is 2.04. The number of aliphatic hydroxyl groups excluding tert-OH is 1. The van der Waals surface area contributed by atoms with Gasteiger partial charge in [-0.1, -0.05) is 20.8 Å². The summed E-state index contributed by atoms with van der Waals surface area (Å²) in [5.41, 5.74) is 0. The summed E-state index contributed by atoms with van der Waals surface area (Å²) >= 11 is 0. The van der Waals surface area contributed by atoms with Crippen LogP contribution in [-0.4, -0.2) is 11.7 Å². The number of hydrogen-bond acceptors (Lipinski definition) is 1. The van der Waals surface area contributed by atoms with E-state index in [1.54, 1.807) is 0 Å². The van der Waals surface area contributed by atoms with Crippen molar-refractivity contribution in [3.8, 4) is 0 Å². The van der Waals surface area contributed by atoms with Gasteiger partial charge < -0.3 is 5.11 Å². The molecule has 0 aromatic carbocycles. The van der Waals surface area contributed by atoms with E-state index in [9.17, 15) is 0 Å². The molecular formula is C11H22O. The maximum atomic E-state index is 9.09. The lowest BCUT2D eigenvalue weighted by molar-refractivity contribution is 0.101. The molecule has 1 saturated carbocycles. The second kappa shape index (κ2) is 4.27. The van der Waals surface area contributed by atoms with Crippen LogP contribution in [0.15, 0.2) is 0 Å². The van der Waals surface area contributed by atoms with E-state index in [0.29, 0.717) is 12.5 Å². The lowest BCUT2D eigenvalue weighted by atomic mass is 9.72. The highest BCUT2D eigenvalue weighted by atomic mass is 16.3. The summed E-state index contributed by atoms with van der Waals surface area (Å²) in [5.74, 6) is 3.05. The van der Waals surface area contributed by atoms with Gasteiger partial charge in [-0.3, -0.25) is 0 Å². The van der Waals surface area contributed by atoms with Gasteiger partial charge in [-0.05, 0) is 42.9 Å². The van der Waals surface area contributed by atoms with Crippen LogP contribution in [-0.2, 0) is 0 Å². The second-order valence-electron chi connectivity index (χ2n) is 4.74. The highest BCUT2D eigenvalue weighted by molar-refractivity contribution is 4.78. The SMILES string of the molecule is CC(C)C1CCC(CO)C(C)C1. The molecule has 1 rings (SSSR count). The molecule has 0 heterocycles. The maximum absolute atomic E-state index is 9.09. The standard InChI is InChI=1S/C11H22O/c1-8(2)10-4-5-11(7-12)9(3)6-10/h8-12H,4-7H2,1-3H3. The lowest BCUT2D eigenvalue weighted by Gasteiger charge is -2.35. The van der Waals surface area contributed by atoms with Crippen LogP contribution in [0.2, 0.25) is 0 Å². The molecule has 1 nitrogen and oxygen atoms in total. The third kappa shape index (κ3) is 2.22. The number of rotatable bonds is 2. The third-order valence-corrected chi connectivity index (χ3v) is 3.56. The molecule has 0 spiro atoms. The van der Waals surface area contributed by atoms with Crippen molar-refractivity contribution in [3.05, 3.63) is 0 Å². The van der Waals surface area contributed by atoms with Gasteiger partial charge in [0.15, 0.2) is 0 Å². The van der Waals surface area contributed by atoms with Crippen LogP contribution in [0.1, 0.15) is 40.0 Å². The quantitative estimate of drug-likeness (QED) is 0.675. The molecule has 1 heteroatoms. The Morgan fingerprint density at radius 3 is 2.42 bits per heavy atom. The van der Waals surface area contributed by atoms with E-state index in [1.807, 2.05) is 0 Å². The van der Waals surface area contributed by atoms with E-state index < -0.39 is 0 Å². The highest BCUT2D eigenvalue weighted by Gasteiger charge is 2.28. The number of hydrogen-bond donors (Lipinski definition) is 1. The molecule has 0 amide bonds. The molecule has 0 aromatic rings. The first-order valence-electron chi connectivity index (χ1n) is 5.26. The van der Waals surface area contributed by atoms with Gasteiger partial charge in [0.2, 0.25) is 0 Å². The molecule has 0 radical (unpaired) electrons. The molecule has 1 aliphatic rings. The van der Waals surface area contributed by atoms with Crippen molar-refractivity contribution < 1.29 is 5.11 Å². The predicted octanol–water partition coefficient (Wildman–Crippen LogP) is 2.69. The summed E-state index contributed by atoms with van der Waals surface area (Å²) in [6.07, 6.45) is 3.89. The molecular weight excluding hydrogens is 148 g/mol. The van der Waals surface area contributed by atoms with Crippen molar-refractivity contribution in [1.29, 1.82) is 0 Å². The Labute approximate surface area is 76.2 Å². The van der Waals surface area contributed by atoms with Gasteiger partial charge in [-0.2, -0.15) is 0 Å². The van der Waals surface area contributed by atoms with Gasteiger partial charge in [0.25, 0.3) is 0 Å². The third-order valence-electron chi connectivity index (χ3n) is 3.56. The predicted molar refractivity (Wildman–Crippen MR) is 51.9 cm³/mol. The Kier molecular flexibility index (Phi) is 3.57. The van der Waals surface area contributed by atoms with Crippen LogP contribution in [0.3, 0.4) is 0 Å². The maximum Gasteiger partial charge on any atom is 0.0461 e. The molecule has 1 N–H and O–H groups in total. The lowest BCUT2D eigenvalue weighted by Crippen LogP contribution is -2.27. The van der Waals surface area contributed by atoms with Crippen molar-refractivity contribution in [2.24, 2.45) is 23.7 Å². The normalized spacial score (nSPS) is 37.2. The molecule has 1 aliphatic carbocycles. The Morgan fingerprint density at radius 1 is 1.33 bits per heavy atom. The smallest absolute Gasteiger partial charge is 0.0461 e. The Hall–Kier alpha value is -0.0400. The van der Waals surface area contributed by atoms with Crippen molar-refractivity contribution in [3.63, 3.8) is 0 Å². The van der Waals surface area contributed by atoms with Crippen LogP contribution in [0.4, 0.5) is 0 Å². The van der Waals surface area contributed by atoms with Crippen LogP contribution in [0, 0.1) is 23.7 Å². The Balaban J connectivity index is 2.40. The minimum absolute atomic E-state index is 0.395. The summed E-state index contributed by atoms with van der Waals surface area (Å²) < 4.78 is 0. The van der Waals surface area contributed by atoms with Crippen molar-refractivity contribution in [1.82, 2.24) is 0 Å². The average molecular weight is 170 g/mol. The van der Waals surface area contributed by atoms with Crippen molar-refractivity contribution >= 4 is 0 Å². The van der Waals surface area contributed by atoms with E-state index in [1.165, 1.54) is 19.3 Å². The molecule has 0 saturated heterocycles. The van der Waals surface area contributed by atoms with Gasteiger partial charge in [0.05, 0.1) is 0 Å². The fourth-order valence-corrected chi connectivity index (χ4v) is 2.38. The molecule has 1 fully saturated rings.